The first-order valence-electron chi connectivity index (χ1n) is 5.83. The monoisotopic (exact) mass is 335 g/mol. The Hall–Kier alpha value is -2.01. The summed E-state index contributed by atoms with van der Waals surface area (Å²) in [6, 6.07) is 8.97. The van der Waals surface area contributed by atoms with Crippen molar-refractivity contribution in [1.82, 2.24) is 4.98 Å². The number of halogens is 3. The van der Waals surface area contributed by atoms with Crippen LogP contribution in [0.25, 0.3) is 10.9 Å². The van der Waals surface area contributed by atoms with Crippen molar-refractivity contribution in [1.29, 1.82) is 0 Å². The average Bonchev–Trinajstić information content (AvgIpc) is 2.84. The molecule has 3 aromatic rings. The molecule has 0 bridgehead atoms. The van der Waals surface area contributed by atoms with Crippen LogP contribution in [0.15, 0.2) is 47.1 Å². The zero-order valence-corrected chi connectivity index (χ0v) is 11.7. The second-order valence-electron chi connectivity index (χ2n) is 4.32. The van der Waals surface area contributed by atoms with Gasteiger partial charge in [-0.2, -0.15) is 0 Å². The van der Waals surface area contributed by atoms with Crippen molar-refractivity contribution in [2.24, 2.45) is 0 Å². The van der Waals surface area contributed by atoms with Gasteiger partial charge in [-0.05, 0) is 30.3 Å². The number of nitrogens with one attached hydrogen (secondary N) is 1. The number of fused-ring (bicyclic) bond motifs is 1. The summed E-state index contributed by atoms with van der Waals surface area (Å²) in [5.41, 5.74) is 0.796. The van der Waals surface area contributed by atoms with Gasteiger partial charge in [0.1, 0.15) is 0 Å². The van der Waals surface area contributed by atoms with Gasteiger partial charge in [-0.3, -0.25) is 4.79 Å². The summed E-state index contributed by atoms with van der Waals surface area (Å²) in [4.78, 5) is 15.3. The lowest BCUT2D eigenvalue weighted by atomic mass is 10.0. The van der Waals surface area contributed by atoms with Crippen molar-refractivity contribution in [2.45, 2.75) is 0 Å². The summed E-state index contributed by atoms with van der Waals surface area (Å²) < 4.78 is 27.7. The predicted molar refractivity (Wildman–Crippen MR) is 75.8 cm³/mol. The normalized spacial score (nSPS) is 10.9. The first kappa shape index (κ1) is 13.0. The highest BCUT2D eigenvalue weighted by Crippen LogP contribution is 2.25. The first-order chi connectivity index (χ1) is 9.58. The maximum absolute atomic E-state index is 13.7. The number of benzene rings is 2. The van der Waals surface area contributed by atoms with Crippen molar-refractivity contribution in [3.63, 3.8) is 0 Å². The second-order valence-corrected chi connectivity index (χ2v) is 5.24. The molecular weight excluding hydrogens is 328 g/mol. The Kier molecular flexibility index (Phi) is 3.14. The molecule has 0 aliphatic heterocycles. The van der Waals surface area contributed by atoms with E-state index in [0.29, 0.717) is 10.9 Å². The molecule has 0 saturated carbocycles. The van der Waals surface area contributed by atoms with E-state index in [-0.39, 0.29) is 5.56 Å². The van der Waals surface area contributed by atoms with E-state index in [1.807, 2.05) is 6.07 Å². The van der Waals surface area contributed by atoms with Crippen molar-refractivity contribution in [2.75, 3.05) is 0 Å². The lowest BCUT2D eigenvalue weighted by molar-refractivity contribution is 0.103. The smallest absolute Gasteiger partial charge is 0.198 e. The topological polar surface area (TPSA) is 32.9 Å². The number of ketones is 1. The Balaban J connectivity index is 2.18. The van der Waals surface area contributed by atoms with Crippen LogP contribution >= 0.6 is 15.9 Å². The van der Waals surface area contributed by atoms with Gasteiger partial charge in [0.05, 0.1) is 5.56 Å². The van der Waals surface area contributed by atoms with Crippen LogP contribution in [-0.4, -0.2) is 10.8 Å². The fourth-order valence-electron chi connectivity index (χ4n) is 2.10. The van der Waals surface area contributed by atoms with E-state index in [9.17, 15) is 13.6 Å². The molecule has 5 heteroatoms. The van der Waals surface area contributed by atoms with Gasteiger partial charge >= 0.3 is 0 Å². The van der Waals surface area contributed by atoms with E-state index in [0.717, 1.165) is 16.1 Å². The third-order valence-corrected chi connectivity index (χ3v) is 3.58. The molecule has 1 aromatic heterocycles. The molecule has 0 aliphatic rings. The summed E-state index contributed by atoms with van der Waals surface area (Å²) in [5, 5.41) is 0.660. The molecule has 0 amide bonds. The number of hydrogen-bond donors (Lipinski definition) is 1. The fraction of sp³-hybridized carbons (Fsp3) is 0. The summed E-state index contributed by atoms with van der Waals surface area (Å²) >= 11 is 3.32. The van der Waals surface area contributed by atoms with Crippen LogP contribution in [0.2, 0.25) is 0 Å². The number of aromatic nitrogens is 1. The Morgan fingerprint density at radius 2 is 1.90 bits per heavy atom. The molecule has 0 saturated heterocycles. The van der Waals surface area contributed by atoms with Gasteiger partial charge < -0.3 is 4.98 Å². The maximum Gasteiger partial charge on any atom is 0.198 e. The Labute approximate surface area is 121 Å². The third-order valence-electron chi connectivity index (χ3n) is 3.08. The molecule has 2 nitrogen and oxygen atoms in total. The molecule has 20 heavy (non-hydrogen) atoms. The quantitative estimate of drug-likeness (QED) is 0.690. The summed E-state index contributed by atoms with van der Waals surface area (Å²) in [6.07, 6.45) is 1.50. The number of hydrogen-bond acceptors (Lipinski definition) is 1. The molecule has 3 rings (SSSR count). The van der Waals surface area contributed by atoms with Gasteiger partial charge in [0.25, 0.3) is 0 Å². The number of carbonyl (C=O) groups excluding carboxylic acids is 1. The van der Waals surface area contributed by atoms with Crippen LogP contribution < -0.4 is 0 Å². The van der Waals surface area contributed by atoms with Crippen LogP contribution in [0.4, 0.5) is 8.78 Å². The van der Waals surface area contributed by atoms with Crippen LogP contribution in [0, 0.1) is 11.6 Å². The minimum atomic E-state index is -1.12. The van der Waals surface area contributed by atoms with Crippen LogP contribution in [0.1, 0.15) is 15.9 Å². The SMILES string of the molecule is O=C(c1cccc(F)c1F)c1c[nH]c2ccc(Br)cc12. The standard InChI is InChI=1S/C15H8BrF2NO/c16-8-4-5-13-10(6-8)11(7-19-13)15(20)9-2-1-3-12(17)14(9)18/h1-7,19H. The van der Waals surface area contributed by atoms with Gasteiger partial charge in [-0.1, -0.05) is 22.0 Å². The number of aromatic amines is 1. The largest absolute Gasteiger partial charge is 0.360 e. The Morgan fingerprint density at radius 1 is 1.10 bits per heavy atom. The van der Waals surface area contributed by atoms with E-state index in [2.05, 4.69) is 20.9 Å². The molecule has 0 fully saturated rings. The summed E-state index contributed by atoms with van der Waals surface area (Å²) in [5.74, 6) is -2.70. The highest BCUT2D eigenvalue weighted by atomic mass is 79.9. The molecule has 1 N–H and O–H groups in total. The van der Waals surface area contributed by atoms with Crippen molar-refractivity contribution in [3.05, 3.63) is 69.8 Å². The molecule has 100 valence electrons. The van der Waals surface area contributed by atoms with Gasteiger partial charge in [0.2, 0.25) is 0 Å². The molecule has 0 spiro atoms. The Morgan fingerprint density at radius 3 is 2.70 bits per heavy atom. The fourth-order valence-corrected chi connectivity index (χ4v) is 2.47. The van der Waals surface area contributed by atoms with Gasteiger partial charge in [0, 0.05) is 27.1 Å². The predicted octanol–water partition coefficient (Wildman–Crippen LogP) is 4.44. The third kappa shape index (κ3) is 2.04. The molecular formula is C15H8BrF2NO. The molecule has 0 atom stereocenters. The lowest BCUT2D eigenvalue weighted by Gasteiger charge is -2.02. The Bertz CT molecular complexity index is 826. The number of rotatable bonds is 2. The lowest BCUT2D eigenvalue weighted by Crippen LogP contribution is -2.05. The number of carbonyl (C=O) groups is 1. The van der Waals surface area contributed by atoms with E-state index >= 15 is 0 Å². The van der Waals surface area contributed by atoms with Crippen LogP contribution in [0.5, 0.6) is 0 Å². The molecule has 0 aliphatic carbocycles. The van der Waals surface area contributed by atoms with E-state index in [4.69, 9.17) is 0 Å². The maximum atomic E-state index is 13.7. The van der Waals surface area contributed by atoms with E-state index < -0.39 is 17.4 Å². The first-order valence-corrected chi connectivity index (χ1v) is 6.62. The zero-order valence-electron chi connectivity index (χ0n) is 10.1. The van der Waals surface area contributed by atoms with Gasteiger partial charge in [-0.15, -0.1) is 0 Å². The highest BCUT2D eigenvalue weighted by Gasteiger charge is 2.19. The van der Waals surface area contributed by atoms with E-state index in [1.165, 1.54) is 18.3 Å². The van der Waals surface area contributed by atoms with Crippen molar-refractivity contribution in [3.8, 4) is 0 Å². The van der Waals surface area contributed by atoms with Crippen LogP contribution in [-0.2, 0) is 0 Å². The summed E-state index contributed by atoms with van der Waals surface area (Å²) in [7, 11) is 0. The van der Waals surface area contributed by atoms with Gasteiger partial charge in [-0.25, -0.2) is 8.78 Å². The van der Waals surface area contributed by atoms with Crippen molar-refractivity contribution < 1.29 is 13.6 Å². The van der Waals surface area contributed by atoms with E-state index in [1.54, 1.807) is 12.1 Å². The average molecular weight is 336 g/mol. The zero-order chi connectivity index (χ0) is 14.3. The minimum Gasteiger partial charge on any atom is -0.360 e. The molecule has 0 unspecified atom stereocenters. The molecule has 2 aromatic carbocycles. The second kappa shape index (κ2) is 4.83. The minimum absolute atomic E-state index is 0.272. The van der Waals surface area contributed by atoms with Crippen LogP contribution in [0.3, 0.4) is 0 Å². The molecule has 0 radical (unpaired) electrons. The highest BCUT2D eigenvalue weighted by molar-refractivity contribution is 9.10. The molecule has 1 heterocycles. The summed E-state index contributed by atoms with van der Waals surface area (Å²) in [6.45, 7) is 0. The number of H-pyrrole nitrogens is 1. The van der Waals surface area contributed by atoms with Crippen molar-refractivity contribution >= 4 is 32.6 Å². The van der Waals surface area contributed by atoms with Gasteiger partial charge in [0.15, 0.2) is 17.4 Å².